The third-order valence-electron chi connectivity index (χ3n) is 2.65. The molecule has 1 aliphatic heterocycles. The maximum atomic E-state index is 9.22. The van der Waals surface area contributed by atoms with Crippen LogP contribution in [0.2, 0.25) is 0 Å². The largest absolute Gasteiger partial charge is 0.394 e. The lowest BCUT2D eigenvalue weighted by Gasteiger charge is -2.31. The predicted octanol–water partition coefficient (Wildman–Crippen LogP) is 0.659. The van der Waals surface area contributed by atoms with E-state index in [0.29, 0.717) is 12.5 Å². The second-order valence-corrected chi connectivity index (χ2v) is 3.71. The minimum absolute atomic E-state index is 0. The lowest BCUT2D eigenvalue weighted by atomic mass is 9.97. The number of piperidine rings is 1. The van der Waals surface area contributed by atoms with E-state index in [-0.39, 0.29) is 19.0 Å². The lowest BCUT2D eigenvalue weighted by molar-refractivity contribution is 0.0500. The van der Waals surface area contributed by atoms with Gasteiger partial charge in [0, 0.05) is 6.54 Å². The molecule has 1 rings (SSSR count). The molecule has 1 unspecified atom stereocenters. The van der Waals surface area contributed by atoms with Gasteiger partial charge in [-0.25, -0.2) is 0 Å². The average molecular weight is 222 g/mol. The van der Waals surface area contributed by atoms with E-state index in [2.05, 4.69) is 11.5 Å². The topological polar surface area (TPSA) is 43.7 Å². The maximum Gasteiger partial charge on any atom is 0.0897 e. The number of aliphatic hydroxyl groups is 2. The molecule has 0 radical (unpaired) electrons. The standard InChI is InChI=1S/C10H19NO2.ClH/c1-2-9-3-5-11(6-4-9)7-10(13)8-12;/h2,9-10,12-13H,1,3-8H2;1H. The molecule has 0 amide bonds. The van der Waals surface area contributed by atoms with Crippen LogP contribution in [-0.4, -0.2) is 47.5 Å². The summed E-state index contributed by atoms with van der Waals surface area (Å²) in [5.74, 6) is 0.641. The molecule has 1 heterocycles. The molecule has 0 spiro atoms. The highest BCUT2D eigenvalue weighted by Gasteiger charge is 2.18. The van der Waals surface area contributed by atoms with E-state index in [9.17, 15) is 5.11 Å². The molecule has 0 bridgehead atoms. The Labute approximate surface area is 91.8 Å². The minimum Gasteiger partial charge on any atom is -0.394 e. The van der Waals surface area contributed by atoms with Crippen LogP contribution in [-0.2, 0) is 0 Å². The first-order valence-corrected chi connectivity index (χ1v) is 4.90. The molecule has 0 aliphatic carbocycles. The van der Waals surface area contributed by atoms with Crippen molar-refractivity contribution in [1.29, 1.82) is 0 Å². The lowest BCUT2D eigenvalue weighted by Crippen LogP contribution is -2.39. The second-order valence-electron chi connectivity index (χ2n) is 3.71. The van der Waals surface area contributed by atoms with Crippen LogP contribution in [0.4, 0.5) is 0 Å². The van der Waals surface area contributed by atoms with Gasteiger partial charge in [-0.05, 0) is 31.8 Å². The molecule has 0 aromatic carbocycles. The van der Waals surface area contributed by atoms with Gasteiger partial charge in [-0.15, -0.1) is 19.0 Å². The Bertz CT molecular complexity index is 158. The van der Waals surface area contributed by atoms with Crippen molar-refractivity contribution in [2.75, 3.05) is 26.2 Å². The van der Waals surface area contributed by atoms with Gasteiger partial charge in [-0.2, -0.15) is 0 Å². The van der Waals surface area contributed by atoms with Crippen LogP contribution in [0.25, 0.3) is 0 Å². The Morgan fingerprint density at radius 1 is 1.43 bits per heavy atom. The van der Waals surface area contributed by atoms with Crippen molar-refractivity contribution in [1.82, 2.24) is 4.90 Å². The Kier molecular flexibility index (Phi) is 7.19. The smallest absolute Gasteiger partial charge is 0.0897 e. The molecule has 1 saturated heterocycles. The molecule has 0 aromatic heterocycles. The van der Waals surface area contributed by atoms with E-state index in [4.69, 9.17) is 5.11 Å². The Hall–Kier alpha value is -0.0900. The molecule has 1 atom stereocenters. The molecule has 14 heavy (non-hydrogen) atoms. The fourth-order valence-electron chi connectivity index (χ4n) is 1.73. The summed E-state index contributed by atoms with van der Waals surface area (Å²) in [6, 6.07) is 0. The molecule has 1 aliphatic rings. The van der Waals surface area contributed by atoms with Gasteiger partial charge in [0.2, 0.25) is 0 Å². The molecule has 84 valence electrons. The minimum atomic E-state index is -0.583. The van der Waals surface area contributed by atoms with Crippen LogP contribution in [0.3, 0.4) is 0 Å². The molecule has 2 N–H and O–H groups in total. The zero-order chi connectivity index (χ0) is 9.68. The van der Waals surface area contributed by atoms with E-state index in [1.807, 2.05) is 6.08 Å². The van der Waals surface area contributed by atoms with Gasteiger partial charge in [-0.3, -0.25) is 0 Å². The third kappa shape index (κ3) is 4.42. The fraction of sp³-hybridized carbons (Fsp3) is 0.800. The number of halogens is 1. The number of allylic oxidation sites excluding steroid dienone is 1. The summed E-state index contributed by atoms with van der Waals surface area (Å²) in [5.41, 5.74) is 0. The zero-order valence-electron chi connectivity index (χ0n) is 8.43. The van der Waals surface area contributed by atoms with E-state index in [1.54, 1.807) is 0 Å². The van der Waals surface area contributed by atoms with Crippen molar-refractivity contribution in [3.05, 3.63) is 12.7 Å². The first kappa shape index (κ1) is 13.9. The van der Waals surface area contributed by atoms with Gasteiger partial charge in [0.15, 0.2) is 0 Å². The molecule has 4 heteroatoms. The first-order chi connectivity index (χ1) is 6.26. The Balaban J connectivity index is 0.00000169. The van der Waals surface area contributed by atoms with E-state index in [0.717, 1.165) is 25.9 Å². The number of likely N-dealkylation sites (tertiary alicyclic amines) is 1. The fourth-order valence-corrected chi connectivity index (χ4v) is 1.73. The summed E-state index contributed by atoms with van der Waals surface area (Å²) in [4.78, 5) is 2.20. The number of β-amino-alcohol motifs (C(OH)–C–C–N with tert-alkyl or cyclic N) is 1. The monoisotopic (exact) mass is 221 g/mol. The SMILES string of the molecule is C=CC1CCN(CC(O)CO)CC1.Cl. The number of aliphatic hydroxyl groups excluding tert-OH is 2. The highest BCUT2D eigenvalue weighted by atomic mass is 35.5. The quantitative estimate of drug-likeness (QED) is 0.686. The van der Waals surface area contributed by atoms with Gasteiger partial charge in [0.1, 0.15) is 0 Å². The molecule has 0 saturated carbocycles. The first-order valence-electron chi connectivity index (χ1n) is 4.90. The average Bonchev–Trinajstić information content (AvgIpc) is 2.19. The van der Waals surface area contributed by atoms with Crippen molar-refractivity contribution in [2.24, 2.45) is 5.92 Å². The van der Waals surface area contributed by atoms with Gasteiger partial charge < -0.3 is 15.1 Å². The van der Waals surface area contributed by atoms with E-state index < -0.39 is 6.10 Å². The highest BCUT2D eigenvalue weighted by molar-refractivity contribution is 5.85. The van der Waals surface area contributed by atoms with Crippen LogP contribution in [0.1, 0.15) is 12.8 Å². The number of nitrogens with zero attached hydrogens (tertiary/aromatic N) is 1. The third-order valence-corrected chi connectivity index (χ3v) is 2.65. The van der Waals surface area contributed by atoms with E-state index >= 15 is 0 Å². The zero-order valence-corrected chi connectivity index (χ0v) is 9.25. The summed E-state index contributed by atoms with van der Waals surface area (Å²) in [6.45, 7) is 6.25. The van der Waals surface area contributed by atoms with Crippen molar-refractivity contribution in [2.45, 2.75) is 18.9 Å². The summed E-state index contributed by atoms with van der Waals surface area (Å²) in [5, 5.41) is 17.9. The molecule has 0 aromatic rings. The molecular weight excluding hydrogens is 202 g/mol. The van der Waals surface area contributed by atoms with Gasteiger partial charge in [0.25, 0.3) is 0 Å². The highest BCUT2D eigenvalue weighted by Crippen LogP contribution is 2.17. The van der Waals surface area contributed by atoms with Crippen molar-refractivity contribution >= 4 is 12.4 Å². The summed E-state index contributed by atoms with van der Waals surface area (Å²) in [7, 11) is 0. The Morgan fingerprint density at radius 3 is 2.43 bits per heavy atom. The van der Waals surface area contributed by atoms with Gasteiger partial charge in [-0.1, -0.05) is 6.08 Å². The van der Waals surface area contributed by atoms with Crippen molar-refractivity contribution in [3.8, 4) is 0 Å². The van der Waals surface area contributed by atoms with Crippen LogP contribution in [0.15, 0.2) is 12.7 Å². The van der Waals surface area contributed by atoms with Gasteiger partial charge in [0.05, 0.1) is 12.7 Å². The number of hydrogen-bond donors (Lipinski definition) is 2. The molecular formula is C10H20ClNO2. The Morgan fingerprint density at radius 2 is 2.00 bits per heavy atom. The normalized spacial score (nSPS) is 21.3. The predicted molar refractivity (Wildman–Crippen MR) is 59.7 cm³/mol. The van der Waals surface area contributed by atoms with E-state index in [1.165, 1.54) is 0 Å². The number of rotatable bonds is 4. The van der Waals surface area contributed by atoms with Crippen LogP contribution in [0.5, 0.6) is 0 Å². The summed E-state index contributed by atoms with van der Waals surface area (Å²) in [6.07, 6.45) is 3.68. The van der Waals surface area contributed by atoms with Crippen molar-refractivity contribution < 1.29 is 10.2 Å². The van der Waals surface area contributed by atoms with Crippen LogP contribution in [0, 0.1) is 5.92 Å². The molecule has 3 nitrogen and oxygen atoms in total. The second kappa shape index (κ2) is 7.23. The number of hydrogen-bond acceptors (Lipinski definition) is 3. The summed E-state index contributed by atoms with van der Waals surface area (Å²) < 4.78 is 0. The molecule has 1 fully saturated rings. The van der Waals surface area contributed by atoms with Crippen LogP contribution < -0.4 is 0 Å². The van der Waals surface area contributed by atoms with Crippen molar-refractivity contribution in [3.63, 3.8) is 0 Å². The van der Waals surface area contributed by atoms with Gasteiger partial charge >= 0.3 is 0 Å². The summed E-state index contributed by atoms with van der Waals surface area (Å²) >= 11 is 0. The maximum absolute atomic E-state index is 9.22. The van der Waals surface area contributed by atoms with Crippen LogP contribution >= 0.6 is 12.4 Å².